The van der Waals surface area contributed by atoms with E-state index in [0.717, 1.165) is 0 Å². The van der Waals surface area contributed by atoms with E-state index in [2.05, 4.69) is 6.58 Å². The molecule has 82 valence electrons. The molecular formula is C10H18O4. The highest BCUT2D eigenvalue weighted by Crippen LogP contribution is 1.96. The highest BCUT2D eigenvalue weighted by molar-refractivity contribution is 5.86. The molecule has 0 rings (SSSR count). The predicted octanol–water partition coefficient (Wildman–Crippen LogP) is 1.16. The summed E-state index contributed by atoms with van der Waals surface area (Å²) in [5.74, 6) is -0.382. The van der Waals surface area contributed by atoms with Crippen molar-refractivity contribution in [3.63, 3.8) is 0 Å². The van der Waals surface area contributed by atoms with E-state index in [9.17, 15) is 4.79 Å². The summed E-state index contributed by atoms with van der Waals surface area (Å²) in [5.41, 5.74) is 0.397. The van der Waals surface area contributed by atoms with Gasteiger partial charge in [0.2, 0.25) is 0 Å². The normalized spacial score (nSPS) is 12.2. The van der Waals surface area contributed by atoms with Crippen molar-refractivity contribution in [2.75, 3.05) is 26.9 Å². The van der Waals surface area contributed by atoms with E-state index >= 15 is 0 Å². The fourth-order valence-electron chi connectivity index (χ4n) is 0.697. The molecule has 0 amide bonds. The largest absolute Gasteiger partial charge is 0.460 e. The van der Waals surface area contributed by atoms with Gasteiger partial charge in [-0.25, -0.2) is 4.79 Å². The van der Waals surface area contributed by atoms with Crippen LogP contribution in [0.2, 0.25) is 0 Å². The number of ether oxygens (including phenoxy) is 3. The predicted molar refractivity (Wildman–Crippen MR) is 53.1 cm³/mol. The summed E-state index contributed by atoms with van der Waals surface area (Å²) in [5, 5.41) is 0. The number of hydrogen-bond acceptors (Lipinski definition) is 4. The molecule has 0 radical (unpaired) electrons. The molecule has 1 unspecified atom stereocenters. The van der Waals surface area contributed by atoms with Crippen molar-refractivity contribution in [3.8, 4) is 0 Å². The molecule has 0 spiro atoms. The lowest BCUT2D eigenvalue weighted by Crippen LogP contribution is -2.20. The average molecular weight is 202 g/mol. The van der Waals surface area contributed by atoms with Crippen LogP contribution in [0.5, 0.6) is 0 Å². The minimum absolute atomic E-state index is 0.117. The van der Waals surface area contributed by atoms with E-state index in [1.165, 1.54) is 0 Å². The molecule has 0 bridgehead atoms. The van der Waals surface area contributed by atoms with Gasteiger partial charge in [0.05, 0.1) is 19.3 Å². The van der Waals surface area contributed by atoms with Crippen molar-refractivity contribution in [2.45, 2.75) is 20.0 Å². The number of rotatable bonds is 7. The monoisotopic (exact) mass is 202 g/mol. The van der Waals surface area contributed by atoms with Gasteiger partial charge in [-0.1, -0.05) is 6.58 Å². The van der Waals surface area contributed by atoms with Crippen LogP contribution in [0.3, 0.4) is 0 Å². The van der Waals surface area contributed by atoms with Crippen LogP contribution in [-0.4, -0.2) is 39.0 Å². The maximum atomic E-state index is 11.0. The second-order valence-corrected chi connectivity index (χ2v) is 3.05. The van der Waals surface area contributed by atoms with Gasteiger partial charge in [-0.2, -0.15) is 0 Å². The zero-order valence-electron chi connectivity index (χ0n) is 9.04. The first-order chi connectivity index (χ1) is 6.57. The lowest BCUT2D eigenvalue weighted by Gasteiger charge is -2.12. The minimum Gasteiger partial charge on any atom is -0.460 e. The highest BCUT2D eigenvalue weighted by atomic mass is 16.6. The smallest absolute Gasteiger partial charge is 0.333 e. The Labute approximate surface area is 84.8 Å². The van der Waals surface area contributed by atoms with E-state index in [1.54, 1.807) is 14.0 Å². The van der Waals surface area contributed by atoms with Crippen molar-refractivity contribution < 1.29 is 19.0 Å². The van der Waals surface area contributed by atoms with Gasteiger partial charge in [-0.05, 0) is 13.8 Å². The van der Waals surface area contributed by atoms with Crippen molar-refractivity contribution in [3.05, 3.63) is 12.2 Å². The average Bonchev–Trinajstić information content (AvgIpc) is 2.14. The van der Waals surface area contributed by atoms with Gasteiger partial charge in [0.15, 0.2) is 0 Å². The first-order valence-corrected chi connectivity index (χ1v) is 4.51. The van der Waals surface area contributed by atoms with Crippen LogP contribution in [0.1, 0.15) is 13.8 Å². The van der Waals surface area contributed by atoms with Crippen LogP contribution in [0, 0.1) is 0 Å². The molecule has 1 atom stereocenters. The summed E-state index contributed by atoms with van der Waals surface area (Å²) in [6.07, 6.45) is -0.117. The van der Waals surface area contributed by atoms with Gasteiger partial charge in [-0.3, -0.25) is 0 Å². The third kappa shape index (κ3) is 6.62. The Hall–Kier alpha value is -0.870. The molecule has 0 aliphatic heterocycles. The molecule has 0 aromatic rings. The quantitative estimate of drug-likeness (QED) is 0.353. The van der Waals surface area contributed by atoms with E-state index in [4.69, 9.17) is 14.2 Å². The maximum absolute atomic E-state index is 11.0. The summed E-state index contributed by atoms with van der Waals surface area (Å²) in [4.78, 5) is 11.0. The van der Waals surface area contributed by atoms with Gasteiger partial charge in [0.1, 0.15) is 6.61 Å². The SMILES string of the molecule is C=C(C)C(=O)OCC(C)OCCOC. The molecular weight excluding hydrogens is 184 g/mol. The minimum atomic E-state index is -0.382. The number of carbonyl (C=O) groups is 1. The molecule has 4 heteroatoms. The molecule has 0 fully saturated rings. The standard InChI is InChI=1S/C10H18O4/c1-8(2)10(11)14-7-9(3)13-6-5-12-4/h9H,1,5-7H2,2-4H3. The topological polar surface area (TPSA) is 44.8 Å². The van der Waals surface area contributed by atoms with Crippen LogP contribution >= 0.6 is 0 Å². The van der Waals surface area contributed by atoms with E-state index in [-0.39, 0.29) is 18.7 Å². The lowest BCUT2D eigenvalue weighted by molar-refractivity contribution is -0.143. The molecule has 4 nitrogen and oxygen atoms in total. The first kappa shape index (κ1) is 13.1. The molecule has 14 heavy (non-hydrogen) atoms. The van der Waals surface area contributed by atoms with E-state index < -0.39 is 0 Å². The Morgan fingerprint density at radius 2 is 2.07 bits per heavy atom. The Bertz CT molecular complexity index is 189. The van der Waals surface area contributed by atoms with E-state index in [1.807, 2.05) is 6.92 Å². The van der Waals surface area contributed by atoms with Crippen molar-refractivity contribution >= 4 is 5.97 Å². The molecule has 0 aliphatic rings. The molecule has 0 aromatic carbocycles. The number of methoxy groups -OCH3 is 1. The van der Waals surface area contributed by atoms with Gasteiger partial charge in [0.25, 0.3) is 0 Å². The molecule has 0 aliphatic carbocycles. The van der Waals surface area contributed by atoms with Gasteiger partial charge >= 0.3 is 5.97 Å². The van der Waals surface area contributed by atoms with Crippen LogP contribution in [0.25, 0.3) is 0 Å². The fraction of sp³-hybridized carbons (Fsp3) is 0.700. The van der Waals surface area contributed by atoms with E-state index in [0.29, 0.717) is 18.8 Å². The molecule has 0 aromatic heterocycles. The van der Waals surface area contributed by atoms with Crippen LogP contribution in [0.15, 0.2) is 12.2 Å². The van der Waals surface area contributed by atoms with Crippen molar-refractivity contribution in [2.24, 2.45) is 0 Å². The summed E-state index contributed by atoms with van der Waals surface area (Å²) >= 11 is 0. The Morgan fingerprint density at radius 1 is 1.43 bits per heavy atom. The van der Waals surface area contributed by atoms with Crippen LogP contribution in [-0.2, 0) is 19.0 Å². The summed E-state index contributed by atoms with van der Waals surface area (Å²) in [7, 11) is 1.61. The number of carbonyl (C=O) groups excluding carboxylic acids is 1. The third-order valence-corrected chi connectivity index (χ3v) is 1.49. The molecule has 0 saturated carbocycles. The zero-order valence-corrected chi connectivity index (χ0v) is 9.04. The third-order valence-electron chi connectivity index (χ3n) is 1.49. The Balaban J connectivity index is 3.48. The summed E-state index contributed by atoms with van der Waals surface area (Å²) < 4.78 is 15.0. The van der Waals surface area contributed by atoms with Gasteiger partial charge < -0.3 is 14.2 Å². The molecule has 0 N–H and O–H groups in total. The van der Waals surface area contributed by atoms with Crippen LogP contribution in [0.4, 0.5) is 0 Å². The maximum Gasteiger partial charge on any atom is 0.333 e. The fourth-order valence-corrected chi connectivity index (χ4v) is 0.697. The number of hydrogen-bond donors (Lipinski definition) is 0. The van der Waals surface area contributed by atoms with Gasteiger partial charge in [0, 0.05) is 12.7 Å². The van der Waals surface area contributed by atoms with Crippen LogP contribution < -0.4 is 0 Å². The Morgan fingerprint density at radius 3 is 2.57 bits per heavy atom. The second kappa shape index (κ2) is 7.53. The number of esters is 1. The molecule has 0 saturated heterocycles. The second-order valence-electron chi connectivity index (χ2n) is 3.05. The first-order valence-electron chi connectivity index (χ1n) is 4.51. The molecule has 0 heterocycles. The van der Waals surface area contributed by atoms with Crippen molar-refractivity contribution in [1.29, 1.82) is 0 Å². The summed E-state index contributed by atoms with van der Waals surface area (Å²) in [6.45, 7) is 8.21. The van der Waals surface area contributed by atoms with Gasteiger partial charge in [-0.15, -0.1) is 0 Å². The summed E-state index contributed by atoms with van der Waals surface area (Å²) in [6, 6.07) is 0. The van der Waals surface area contributed by atoms with Crippen molar-refractivity contribution in [1.82, 2.24) is 0 Å². The Kier molecular flexibility index (Phi) is 7.06. The highest BCUT2D eigenvalue weighted by Gasteiger charge is 2.07. The zero-order chi connectivity index (χ0) is 11.0. The lowest BCUT2D eigenvalue weighted by atomic mass is 10.3.